The van der Waals surface area contributed by atoms with Gasteiger partial charge in [0, 0.05) is 44.0 Å². The van der Waals surface area contributed by atoms with Crippen molar-refractivity contribution in [2.24, 2.45) is 7.05 Å². The molecule has 0 bridgehead atoms. The van der Waals surface area contributed by atoms with Crippen LogP contribution in [0.15, 0.2) is 42.6 Å². The highest BCUT2D eigenvalue weighted by Crippen LogP contribution is 2.29. The maximum Gasteiger partial charge on any atom is 0.274 e. The van der Waals surface area contributed by atoms with Gasteiger partial charge in [-0.15, -0.1) is 0 Å². The van der Waals surface area contributed by atoms with Crippen molar-refractivity contribution < 1.29 is 9.53 Å². The lowest BCUT2D eigenvalue weighted by molar-refractivity contribution is 0.0784. The number of hydrogen-bond donors (Lipinski definition) is 0. The number of nitrogens with zero attached hydrogens (tertiary/aromatic N) is 5. The molecule has 2 aromatic heterocycles. The van der Waals surface area contributed by atoms with Crippen molar-refractivity contribution in [3.05, 3.63) is 65.4 Å². The first-order valence-corrected chi connectivity index (χ1v) is 9.37. The van der Waals surface area contributed by atoms with Crippen LogP contribution in [0.3, 0.4) is 0 Å². The molecule has 1 aromatic carbocycles. The van der Waals surface area contributed by atoms with E-state index in [4.69, 9.17) is 4.74 Å². The summed E-state index contributed by atoms with van der Waals surface area (Å²) < 4.78 is 7.63. The molecule has 144 valence electrons. The molecule has 1 amide bonds. The molecule has 3 aromatic rings. The van der Waals surface area contributed by atoms with E-state index in [0.717, 1.165) is 29.3 Å². The summed E-state index contributed by atoms with van der Waals surface area (Å²) in [5.74, 6) is 2.08. The average molecular weight is 377 g/mol. The fourth-order valence-corrected chi connectivity index (χ4v) is 3.43. The lowest BCUT2D eigenvalue weighted by atomic mass is 10.1. The molecule has 1 unspecified atom stereocenters. The van der Waals surface area contributed by atoms with Crippen molar-refractivity contribution in [1.29, 1.82) is 0 Å². The summed E-state index contributed by atoms with van der Waals surface area (Å²) in [5, 5.41) is 4.21. The number of rotatable bonds is 4. The summed E-state index contributed by atoms with van der Waals surface area (Å²) >= 11 is 0. The third-order valence-corrected chi connectivity index (χ3v) is 4.93. The predicted molar refractivity (Wildman–Crippen MR) is 104 cm³/mol. The van der Waals surface area contributed by atoms with E-state index in [1.54, 1.807) is 24.0 Å². The summed E-state index contributed by atoms with van der Waals surface area (Å²) in [4.78, 5) is 23.7. The van der Waals surface area contributed by atoms with Gasteiger partial charge >= 0.3 is 0 Å². The molecule has 4 rings (SSSR count). The SMILES string of the molecule is Cc1cc(Oc2ccccc2C)nc(C2CCN(C(=O)c3ccn(C)n3)C2)n1. The van der Waals surface area contributed by atoms with Crippen LogP contribution in [0, 0.1) is 13.8 Å². The fraction of sp³-hybridized carbons (Fsp3) is 0.333. The Morgan fingerprint density at radius 2 is 2.00 bits per heavy atom. The van der Waals surface area contributed by atoms with Crippen molar-refractivity contribution >= 4 is 5.91 Å². The number of amides is 1. The molecule has 0 radical (unpaired) electrons. The molecule has 7 heteroatoms. The van der Waals surface area contributed by atoms with Crippen molar-refractivity contribution in [3.8, 4) is 11.6 Å². The smallest absolute Gasteiger partial charge is 0.274 e. The molecule has 0 N–H and O–H groups in total. The van der Waals surface area contributed by atoms with E-state index in [9.17, 15) is 4.79 Å². The average Bonchev–Trinajstić information content (AvgIpc) is 3.32. The van der Waals surface area contributed by atoms with Gasteiger partial charge in [0.2, 0.25) is 5.88 Å². The number of hydrogen-bond acceptors (Lipinski definition) is 5. The summed E-state index contributed by atoms with van der Waals surface area (Å²) in [5.41, 5.74) is 2.37. The number of carbonyl (C=O) groups is 1. The van der Waals surface area contributed by atoms with Gasteiger partial charge in [-0.05, 0) is 38.0 Å². The third-order valence-electron chi connectivity index (χ3n) is 4.93. The first-order chi connectivity index (χ1) is 13.5. The zero-order valence-electron chi connectivity index (χ0n) is 16.3. The Morgan fingerprint density at radius 3 is 2.75 bits per heavy atom. The van der Waals surface area contributed by atoms with Crippen LogP contribution in [0.5, 0.6) is 11.6 Å². The maximum absolute atomic E-state index is 12.6. The second kappa shape index (κ2) is 7.42. The third kappa shape index (κ3) is 3.74. The van der Waals surface area contributed by atoms with Gasteiger partial charge < -0.3 is 9.64 Å². The second-order valence-electron chi connectivity index (χ2n) is 7.18. The number of ether oxygens (including phenoxy) is 1. The molecule has 0 spiro atoms. The minimum atomic E-state index is -0.0489. The van der Waals surface area contributed by atoms with E-state index >= 15 is 0 Å². The van der Waals surface area contributed by atoms with Crippen LogP contribution in [0.1, 0.15) is 39.9 Å². The molecule has 7 nitrogen and oxygen atoms in total. The molecule has 0 saturated carbocycles. The zero-order chi connectivity index (χ0) is 19.7. The first kappa shape index (κ1) is 18.2. The van der Waals surface area contributed by atoms with E-state index < -0.39 is 0 Å². The summed E-state index contributed by atoms with van der Waals surface area (Å²) in [6.45, 7) is 5.19. The predicted octanol–water partition coefficient (Wildman–Crippen LogP) is 3.25. The van der Waals surface area contributed by atoms with Gasteiger partial charge in [-0.25, -0.2) is 4.98 Å². The Balaban J connectivity index is 1.51. The quantitative estimate of drug-likeness (QED) is 0.698. The normalized spacial score (nSPS) is 16.4. The Morgan fingerprint density at radius 1 is 1.18 bits per heavy atom. The van der Waals surface area contributed by atoms with Gasteiger partial charge in [0.05, 0.1) is 0 Å². The van der Waals surface area contributed by atoms with Crippen molar-refractivity contribution in [2.75, 3.05) is 13.1 Å². The summed E-state index contributed by atoms with van der Waals surface area (Å²) in [6.07, 6.45) is 2.60. The summed E-state index contributed by atoms with van der Waals surface area (Å²) in [6, 6.07) is 11.4. The number of benzene rings is 1. The van der Waals surface area contributed by atoms with Gasteiger partial charge in [-0.1, -0.05) is 18.2 Å². The molecular weight excluding hydrogens is 354 g/mol. The Kier molecular flexibility index (Phi) is 4.81. The molecule has 1 aliphatic heterocycles. The van der Waals surface area contributed by atoms with Gasteiger partial charge in [0.25, 0.3) is 5.91 Å². The van der Waals surface area contributed by atoms with Crippen LogP contribution in [0.4, 0.5) is 0 Å². The minimum Gasteiger partial charge on any atom is -0.439 e. The van der Waals surface area contributed by atoms with Crippen LogP contribution >= 0.6 is 0 Å². The maximum atomic E-state index is 12.6. The first-order valence-electron chi connectivity index (χ1n) is 9.37. The number of carbonyl (C=O) groups excluding carboxylic acids is 1. The van der Waals surface area contributed by atoms with Gasteiger partial charge in [-0.3, -0.25) is 9.48 Å². The molecule has 28 heavy (non-hydrogen) atoms. The Hall–Kier alpha value is -3.22. The van der Waals surface area contributed by atoms with Gasteiger partial charge in [-0.2, -0.15) is 10.1 Å². The van der Waals surface area contributed by atoms with Gasteiger partial charge in [0.1, 0.15) is 17.3 Å². The monoisotopic (exact) mass is 377 g/mol. The fourth-order valence-electron chi connectivity index (χ4n) is 3.43. The Bertz CT molecular complexity index is 1010. The Labute approximate surface area is 164 Å². The van der Waals surface area contributed by atoms with Crippen LogP contribution < -0.4 is 4.74 Å². The van der Waals surface area contributed by atoms with Crippen LogP contribution in [0.25, 0.3) is 0 Å². The molecule has 0 aliphatic carbocycles. The highest BCUT2D eigenvalue weighted by Gasteiger charge is 2.31. The summed E-state index contributed by atoms with van der Waals surface area (Å²) in [7, 11) is 1.81. The molecule has 1 fully saturated rings. The lowest BCUT2D eigenvalue weighted by Crippen LogP contribution is -2.29. The number of para-hydroxylation sites is 1. The van der Waals surface area contributed by atoms with E-state index in [2.05, 4.69) is 15.1 Å². The lowest BCUT2D eigenvalue weighted by Gasteiger charge is -2.15. The molecule has 1 atom stereocenters. The largest absolute Gasteiger partial charge is 0.439 e. The molecule has 3 heterocycles. The van der Waals surface area contributed by atoms with Crippen molar-refractivity contribution in [1.82, 2.24) is 24.6 Å². The minimum absolute atomic E-state index is 0.0489. The van der Waals surface area contributed by atoms with E-state index in [0.29, 0.717) is 24.7 Å². The van der Waals surface area contributed by atoms with E-state index in [-0.39, 0.29) is 11.8 Å². The highest BCUT2D eigenvalue weighted by atomic mass is 16.5. The number of likely N-dealkylation sites (tertiary alicyclic amines) is 1. The van der Waals surface area contributed by atoms with Crippen LogP contribution in [0.2, 0.25) is 0 Å². The van der Waals surface area contributed by atoms with Crippen LogP contribution in [-0.4, -0.2) is 43.6 Å². The zero-order valence-corrected chi connectivity index (χ0v) is 16.3. The van der Waals surface area contributed by atoms with E-state index in [1.165, 1.54) is 0 Å². The van der Waals surface area contributed by atoms with Crippen molar-refractivity contribution in [3.63, 3.8) is 0 Å². The topological polar surface area (TPSA) is 73.1 Å². The molecule has 1 saturated heterocycles. The van der Waals surface area contributed by atoms with Crippen molar-refractivity contribution in [2.45, 2.75) is 26.2 Å². The standard InChI is InChI=1S/C21H23N5O2/c1-14-6-4-5-7-18(14)28-19-12-15(2)22-20(23-19)16-8-11-26(13-16)21(27)17-9-10-25(3)24-17/h4-7,9-10,12,16H,8,11,13H2,1-3H3. The number of aromatic nitrogens is 4. The van der Waals surface area contributed by atoms with E-state index in [1.807, 2.05) is 49.1 Å². The highest BCUT2D eigenvalue weighted by molar-refractivity contribution is 5.92. The van der Waals surface area contributed by atoms with Crippen LogP contribution in [-0.2, 0) is 7.05 Å². The molecule has 1 aliphatic rings. The second-order valence-corrected chi connectivity index (χ2v) is 7.18. The molecular formula is C21H23N5O2. The number of aryl methyl sites for hydroxylation is 3. The van der Waals surface area contributed by atoms with Gasteiger partial charge in [0.15, 0.2) is 0 Å².